The van der Waals surface area contributed by atoms with Crippen LogP contribution >= 0.6 is 0 Å². The zero-order valence-electron chi connectivity index (χ0n) is 11.3. The average molecular weight is 266 g/mol. The molecule has 0 radical (unpaired) electrons. The molecule has 4 nitrogen and oxygen atoms in total. The van der Waals surface area contributed by atoms with E-state index in [0.717, 1.165) is 16.8 Å². The van der Waals surface area contributed by atoms with E-state index in [-0.39, 0.29) is 0 Å². The summed E-state index contributed by atoms with van der Waals surface area (Å²) < 4.78 is 10.5. The van der Waals surface area contributed by atoms with Crippen molar-refractivity contribution in [3.05, 3.63) is 48.2 Å². The van der Waals surface area contributed by atoms with Gasteiger partial charge in [-0.15, -0.1) is 0 Å². The Kier molecular flexibility index (Phi) is 4.35. The average Bonchev–Trinajstić information content (AvgIpc) is 2.52. The molecule has 0 fully saturated rings. The van der Waals surface area contributed by atoms with Gasteiger partial charge in [0.1, 0.15) is 0 Å². The van der Waals surface area contributed by atoms with Crippen LogP contribution in [-0.4, -0.2) is 19.2 Å². The maximum absolute atomic E-state index is 8.56. The molecule has 0 saturated carbocycles. The van der Waals surface area contributed by atoms with E-state index in [1.165, 1.54) is 6.08 Å². The summed E-state index contributed by atoms with van der Waals surface area (Å²) in [4.78, 5) is 4.34. The number of methoxy groups -OCH3 is 2. The van der Waals surface area contributed by atoms with E-state index >= 15 is 0 Å². The number of hydrogen-bond acceptors (Lipinski definition) is 4. The molecule has 2 aromatic rings. The van der Waals surface area contributed by atoms with Crippen molar-refractivity contribution < 1.29 is 9.47 Å². The fraction of sp³-hybridized carbons (Fsp3) is 0.125. The van der Waals surface area contributed by atoms with Crippen molar-refractivity contribution in [3.63, 3.8) is 0 Å². The van der Waals surface area contributed by atoms with Crippen LogP contribution in [0.2, 0.25) is 0 Å². The molecule has 2 rings (SSSR count). The molecule has 0 bridgehead atoms. The van der Waals surface area contributed by atoms with Crippen LogP contribution in [-0.2, 0) is 0 Å². The van der Waals surface area contributed by atoms with E-state index in [9.17, 15) is 0 Å². The smallest absolute Gasteiger partial charge is 0.161 e. The second-order valence-electron chi connectivity index (χ2n) is 4.01. The first-order valence-electron chi connectivity index (χ1n) is 6.03. The number of rotatable bonds is 4. The fourth-order valence-electron chi connectivity index (χ4n) is 1.84. The lowest BCUT2D eigenvalue weighted by atomic mass is 10.1. The van der Waals surface area contributed by atoms with Gasteiger partial charge in [-0.1, -0.05) is 0 Å². The van der Waals surface area contributed by atoms with Gasteiger partial charge >= 0.3 is 0 Å². The monoisotopic (exact) mass is 266 g/mol. The summed E-state index contributed by atoms with van der Waals surface area (Å²) in [6.07, 6.45) is 4.89. The van der Waals surface area contributed by atoms with Gasteiger partial charge in [-0.05, 0) is 42.0 Å². The van der Waals surface area contributed by atoms with E-state index in [1.807, 2.05) is 36.4 Å². The maximum atomic E-state index is 8.56. The molecule has 1 aromatic heterocycles. The highest BCUT2D eigenvalue weighted by atomic mass is 16.5. The highest BCUT2D eigenvalue weighted by Crippen LogP contribution is 2.31. The Morgan fingerprint density at radius 2 is 1.90 bits per heavy atom. The van der Waals surface area contributed by atoms with Gasteiger partial charge in [0.05, 0.1) is 26.0 Å². The molecule has 0 saturated heterocycles. The quantitative estimate of drug-likeness (QED) is 0.797. The van der Waals surface area contributed by atoms with Crippen molar-refractivity contribution in [3.8, 4) is 28.8 Å². The van der Waals surface area contributed by atoms with Gasteiger partial charge < -0.3 is 9.47 Å². The van der Waals surface area contributed by atoms with E-state index in [2.05, 4.69) is 4.98 Å². The highest BCUT2D eigenvalue weighted by molar-refractivity contribution is 5.67. The van der Waals surface area contributed by atoms with Crippen LogP contribution in [0.15, 0.2) is 42.6 Å². The summed E-state index contributed by atoms with van der Waals surface area (Å²) in [5.74, 6) is 1.33. The van der Waals surface area contributed by atoms with E-state index in [1.54, 1.807) is 26.5 Å². The van der Waals surface area contributed by atoms with Crippen LogP contribution in [0.25, 0.3) is 17.3 Å². The zero-order valence-corrected chi connectivity index (χ0v) is 11.3. The van der Waals surface area contributed by atoms with Crippen LogP contribution in [0, 0.1) is 11.3 Å². The fourth-order valence-corrected chi connectivity index (χ4v) is 1.84. The molecule has 0 N–H and O–H groups in total. The molecule has 0 atom stereocenters. The van der Waals surface area contributed by atoms with Crippen molar-refractivity contribution in [2.24, 2.45) is 0 Å². The van der Waals surface area contributed by atoms with E-state index in [4.69, 9.17) is 14.7 Å². The first-order chi connectivity index (χ1) is 9.78. The maximum Gasteiger partial charge on any atom is 0.161 e. The van der Waals surface area contributed by atoms with Gasteiger partial charge in [0, 0.05) is 17.8 Å². The minimum absolute atomic E-state index is 0.657. The van der Waals surface area contributed by atoms with Crippen molar-refractivity contribution in [2.45, 2.75) is 0 Å². The number of aromatic nitrogens is 1. The third-order valence-corrected chi connectivity index (χ3v) is 2.81. The molecule has 4 heteroatoms. The molecule has 1 heterocycles. The number of allylic oxidation sites excluding steroid dienone is 1. The summed E-state index contributed by atoms with van der Waals surface area (Å²) in [6, 6.07) is 11.4. The summed E-state index contributed by atoms with van der Waals surface area (Å²) in [6.45, 7) is 0. The van der Waals surface area contributed by atoms with Crippen LogP contribution < -0.4 is 9.47 Å². The highest BCUT2D eigenvalue weighted by Gasteiger charge is 2.07. The molecule has 0 aliphatic rings. The zero-order chi connectivity index (χ0) is 14.4. The Labute approximate surface area is 117 Å². The third kappa shape index (κ3) is 2.96. The van der Waals surface area contributed by atoms with Crippen molar-refractivity contribution in [1.82, 2.24) is 4.98 Å². The number of nitriles is 1. The normalized spacial score (nSPS) is 10.2. The van der Waals surface area contributed by atoms with Crippen molar-refractivity contribution in [1.29, 1.82) is 5.26 Å². The molecule has 0 spiro atoms. The van der Waals surface area contributed by atoms with Gasteiger partial charge in [-0.2, -0.15) is 5.26 Å². The lowest BCUT2D eigenvalue weighted by Gasteiger charge is -2.09. The van der Waals surface area contributed by atoms with Gasteiger partial charge in [0.15, 0.2) is 11.5 Å². The Bertz CT molecular complexity index is 672. The van der Waals surface area contributed by atoms with Crippen molar-refractivity contribution in [2.75, 3.05) is 14.2 Å². The second-order valence-corrected chi connectivity index (χ2v) is 4.01. The van der Waals surface area contributed by atoms with Crippen LogP contribution in [0.4, 0.5) is 0 Å². The van der Waals surface area contributed by atoms with E-state index < -0.39 is 0 Å². The standard InChI is InChI=1S/C16H14N2O2/c1-19-15-6-5-13(11-16(15)20-2)14-10-12(4-3-8-17)7-9-18-14/h3-7,9-11H,1-2H3. The SMILES string of the molecule is COc1ccc(-c2cc(C=CC#N)ccn2)cc1OC. The first kappa shape index (κ1) is 13.6. The lowest BCUT2D eigenvalue weighted by Crippen LogP contribution is -1.91. The van der Waals surface area contributed by atoms with Crippen LogP contribution in [0.1, 0.15) is 5.56 Å². The van der Waals surface area contributed by atoms with Gasteiger partial charge in [-0.3, -0.25) is 4.98 Å². The molecule has 0 amide bonds. The number of nitrogens with zero attached hydrogens (tertiary/aromatic N) is 2. The predicted molar refractivity (Wildman–Crippen MR) is 77.4 cm³/mol. The third-order valence-electron chi connectivity index (χ3n) is 2.81. The molecule has 20 heavy (non-hydrogen) atoms. The number of pyridine rings is 1. The minimum atomic E-state index is 0.657. The lowest BCUT2D eigenvalue weighted by molar-refractivity contribution is 0.355. The Morgan fingerprint density at radius 1 is 1.10 bits per heavy atom. The Balaban J connectivity index is 2.41. The minimum Gasteiger partial charge on any atom is -0.493 e. The molecular formula is C16H14N2O2. The summed E-state index contributed by atoms with van der Waals surface area (Å²) in [5, 5.41) is 8.56. The van der Waals surface area contributed by atoms with Crippen LogP contribution in [0.3, 0.4) is 0 Å². The molecule has 0 unspecified atom stereocenters. The number of ether oxygens (including phenoxy) is 2. The van der Waals surface area contributed by atoms with Gasteiger partial charge in [0.25, 0.3) is 0 Å². The largest absolute Gasteiger partial charge is 0.493 e. The van der Waals surface area contributed by atoms with Gasteiger partial charge in [0.2, 0.25) is 0 Å². The topological polar surface area (TPSA) is 55.1 Å². The number of benzene rings is 1. The Morgan fingerprint density at radius 3 is 2.60 bits per heavy atom. The molecule has 0 aliphatic carbocycles. The summed E-state index contributed by atoms with van der Waals surface area (Å²) in [7, 11) is 3.20. The molecule has 1 aromatic carbocycles. The molecule has 100 valence electrons. The first-order valence-corrected chi connectivity index (χ1v) is 6.03. The van der Waals surface area contributed by atoms with E-state index in [0.29, 0.717) is 11.5 Å². The predicted octanol–water partition coefficient (Wildman–Crippen LogP) is 3.30. The molecule has 0 aliphatic heterocycles. The number of hydrogen-bond donors (Lipinski definition) is 0. The van der Waals surface area contributed by atoms with Crippen LogP contribution in [0.5, 0.6) is 11.5 Å². The Hall–Kier alpha value is -2.80. The second kappa shape index (κ2) is 6.39. The summed E-state index contributed by atoms with van der Waals surface area (Å²) in [5.41, 5.74) is 2.66. The van der Waals surface area contributed by atoms with Gasteiger partial charge in [-0.25, -0.2) is 0 Å². The summed E-state index contributed by atoms with van der Waals surface area (Å²) >= 11 is 0. The van der Waals surface area contributed by atoms with Crippen molar-refractivity contribution >= 4 is 6.08 Å². The molecular weight excluding hydrogens is 252 g/mol.